The van der Waals surface area contributed by atoms with Gasteiger partial charge < -0.3 is 4.90 Å². The van der Waals surface area contributed by atoms with Gasteiger partial charge in [0.15, 0.2) is 0 Å². The molecule has 0 radical (unpaired) electrons. The SMILES string of the molecule is CCN(Cc1ccccc1)c1ccc(/C=N\Nc2nnc(C)c(=O)[nH]2)cc1. The summed E-state index contributed by atoms with van der Waals surface area (Å²) in [6, 6.07) is 18.5. The van der Waals surface area contributed by atoms with Crippen LogP contribution in [0.4, 0.5) is 11.6 Å². The van der Waals surface area contributed by atoms with Crippen LogP contribution in [0, 0.1) is 6.92 Å². The topological polar surface area (TPSA) is 86.3 Å². The predicted octanol–water partition coefficient (Wildman–Crippen LogP) is 2.95. The molecule has 0 aliphatic heterocycles. The van der Waals surface area contributed by atoms with Gasteiger partial charge in [0.1, 0.15) is 5.69 Å². The summed E-state index contributed by atoms with van der Waals surface area (Å²) in [5.74, 6) is 0.207. The average molecular weight is 362 g/mol. The highest BCUT2D eigenvalue weighted by Gasteiger charge is 2.05. The van der Waals surface area contributed by atoms with Gasteiger partial charge in [0.2, 0.25) is 5.95 Å². The number of benzene rings is 2. The fourth-order valence-electron chi connectivity index (χ4n) is 2.57. The molecular formula is C20H22N6O. The number of hydrogen-bond donors (Lipinski definition) is 2. The van der Waals surface area contributed by atoms with Crippen LogP contribution in [0.1, 0.15) is 23.7 Å². The molecule has 27 heavy (non-hydrogen) atoms. The third kappa shape index (κ3) is 5.01. The number of nitrogens with one attached hydrogen (secondary N) is 2. The van der Waals surface area contributed by atoms with Crippen molar-refractivity contribution in [3.8, 4) is 0 Å². The summed E-state index contributed by atoms with van der Waals surface area (Å²) in [6.45, 7) is 5.53. The molecule has 7 heteroatoms. The molecule has 0 fully saturated rings. The maximum absolute atomic E-state index is 11.5. The lowest BCUT2D eigenvalue weighted by atomic mass is 10.1. The van der Waals surface area contributed by atoms with Crippen LogP contribution in [-0.4, -0.2) is 27.9 Å². The lowest BCUT2D eigenvalue weighted by Crippen LogP contribution is -2.21. The van der Waals surface area contributed by atoms with E-state index in [0.29, 0.717) is 5.69 Å². The summed E-state index contributed by atoms with van der Waals surface area (Å²) in [5.41, 5.74) is 6.07. The molecule has 0 bridgehead atoms. The van der Waals surface area contributed by atoms with E-state index in [4.69, 9.17) is 0 Å². The highest BCUT2D eigenvalue weighted by molar-refractivity contribution is 5.80. The van der Waals surface area contributed by atoms with Crippen molar-refractivity contribution in [2.24, 2.45) is 5.10 Å². The number of hydrogen-bond acceptors (Lipinski definition) is 6. The Morgan fingerprint density at radius 3 is 2.52 bits per heavy atom. The van der Waals surface area contributed by atoms with Crippen molar-refractivity contribution in [3.63, 3.8) is 0 Å². The monoisotopic (exact) mass is 362 g/mol. The summed E-state index contributed by atoms with van der Waals surface area (Å²) in [7, 11) is 0. The summed E-state index contributed by atoms with van der Waals surface area (Å²) < 4.78 is 0. The zero-order chi connectivity index (χ0) is 19.1. The Labute approximate surface area is 157 Å². The normalized spacial score (nSPS) is 10.9. The first-order valence-corrected chi connectivity index (χ1v) is 8.77. The summed E-state index contributed by atoms with van der Waals surface area (Å²) in [4.78, 5) is 16.3. The van der Waals surface area contributed by atoms with Crippen LogP contribution in [0.5, 0.6) is 0 Å². The predicted molar refractivity (Wildman–Crippen MR) is 108 cm³/mol. The van der Waals surface area contributed by atoms with Gasteiger partial charge in [0.05, 0.1) is 6.21 Å². The fourth-order valence-corrected chi connectivity index (χ4v) is 2.57. The number of aromatic amines is 1. The summed E-state index contributed by atoms with van der Waals surface area (Å²) >= 11 is 0. The van der Waals surface area contributed by atoms with Crippen LogP contribution in [0.3, 0.4) is 0 Å². The lowest BCUT2D eigenvalue weighted by Gasteiger charge is -2.23. The minimum atomic E-state index is -0.287. The molecule has 0 saturated carbocycles. The number of aryl methyl sites for hydroxylation is 1. The minimum absolute atomic E-state index is 0.207. The molecule has 0 atom stereocenters. The summed E-state index contributed by atoms with van der Waals surface area (Å²) in [5, 5.41) is 11.6. The molecule has 3 aromatic rings. The Bertz CT molecular complexity index is 950. The van der Waals surface area contributed by atoms with Gasteiger partial charge in [-0.25, -0.2) is 5.43 Å². The minimum Gasteiger partial charge on any atom is -0.367 e. The van der Waals surface area contributed by atoms with Crippen molar-refractivity contribution < 1.29 is 0 Å². The van der Waals surface area contributed by atoms with Crippen molar-refractivity contribution in [2.75, 3.05) is 16.9 Å². The second kappa shape index (κ2) is 8.75. The van der Waals surface area contributed by atoms with Gasteiger partial charge in [-0.1, -0.05) is 42.5 Å². The molecule has 2 aromatic carbocycles. The molecule has 0 saturated heterocycles. The van der Waals surface area contributed by atoms with Crippen molar-refractivity contribution in [1.82, 2.24) is 15.2 Å². The molecule has 0 spiro atoms. The largest absolute Gasteiger partial charge is 0.367 e. The van der Waals surface area contributed by atoms with E-state index in [1.165, 1.54) is 5.56 Å². The third-order valence-corrected chi connectivity index (χ3v) is 4.10. The Balaban J connectivity index is 1.63. The zero-order valence-electron chi connectivity index (χ0n) is 15.4. The lowest BCUT2D eigenvalue weighted by molar-refractivity contribution is 0.832. The fraction of sp³-hybridized carbons (Fsp3) is 0.200. The smallest absolute Gasteiger partial charge is 0.274 e. The molecule has 0 aliphatic carbocycles. The molecule has 0 amide bonds. The second-order valence-electron chi connectivity index (χ2n) is 6.05. The van der Waals surface area contributed by atoms with Crippen molar-refractivity contribution >= 4 is 17.9 Å². The molecule has 1 heterocycles. The van der Waals surface area contributed by atoms with E-state index in [9.17, 15) is 4.79 Å². The van der Waals surface area contributed by atoms with Gasteiger partial charge in [-0.3, -0.25) is 9.78 Å². The quantitative estimate of drug-likeness (QED) is 0.498. The van der Waals surface area contributed by atoms with E-state index in [1.807, 2.05) is 18.2 Å². The number of nitrogens with zero attached hydrogens (tertiary/aromatic N) is 4. The Hall–Kier alpha value is -3.48. The molecule has 1 aromatic heterocycles. The van der Waals surface area contributed by atoms with E-state index in [2.05, 4.69) is 73.9 Å². The molecular weight excluding hydrogens is 340 g/mol. The van der Waals surface area contributed by atoms with Crippen LogP contribution >= 0.6 is 0 Å². The van der Waals surface area contributed by atoms with Gasteiger partial charge >= 0.3 is 0 Å². The number of aromatic nitrogens is 3. The van der Waals surface area contributed by atoms with Gasteiger partial charge in [0.25, 0.3) is 5.56 Å². The Morgan fingerprint density at radius 2 is 1.85 bits per heavy atom. The summed E-state index contributed by atoms with van der Waals surface area (Å²) in [6.07, 6.45) is 1.66. The van der Waals surface area contributed by atoms with Gasteiger partial charge in [0, 0.05) is 18.8 Å². The maximum atomic E-state index is 11.5. The third-order valence-electron chi connectivity index (χ3n) is 4.10. The van der Waals surface area contributed by atoms with Crippen LogP contribution < -0.4 is 15.9 Å². The van der Waals surface area contributed by atoms with Crippen LogP contribution in [0.25, 0.3) is 0 Å². The molecule has 0 unspecified atom stereocenters. The van der Waals surface area contributed by atoms with E-state index >= 15 is 0 Å². The maximum Gasteiger partial charge on any atom is 0.274 e. The van der Waals surface area contributed by atoms with Crippen LogP contribution in [0.2, 0.25) is 0 Å². The molecule has 0 aliphatic rings. The Kier molecular flexibility index (Phi) is 5.94. The first kappa shape index (κ1) is 18.3. The standard InChI is InChI=1S/C20H22N6O/c1-3-26(14-17-7-5-4-6-8-17)18-11-9-16(10-12-18)13-21-24-20-22-19(27)15(2)23-25-20/h4-13H,3,14H2,1-2H3,(H2,22,24,25,27)/b21-13-. The van der Waals surface area contributed by atoms with Gasteiger partial charge in [-0.05, 0) is 37.1 Å². The molecule has 3 rings (SSSR count). The second-order valence-corrected chi connectivity index (χ2v) is 6.05. The zero-order valence-corrected chi connectivity index (χ0v) is 15.4. The van der Waals surface area contributed by atoms with Crippen LogP contribution in [-0.2, 0) is 6.54 Å². The van der Waals surface area contributed by atoms with Crippen LogP contribution in [0.15, 0.2) is 64.5 Å². The molecule has 2 N–H and O–H groups in total. The van der Waals surface area contributed by atoms with E-state index < -0.39 is 0 Å². The average Bonchev–Trinajstić information content (AvgIpc) is 2.70. The number of hydrazone groups is 1. The highest BCUT2D eigenvalue weighted by atomic mass is 16.1. The van der Waals surface area contributed by atoms with E-state index in [0.717, 1.165) is 24.3 Å². The van der Waals surface area contributed by atoms with Crippen molar-refractivity contribution in [1.29, 1.82) is 0 Å². The molecule has 7 nitrogen and oxygen atoms in total. The number of rotatable bonds is 7. The number of anilines is 2. The first-order chi connectivity index (χ1) is 13.2. The van der Waals surface area contributed by atoms with Crippen molar-refractivity contribution in [3.05, 3.63) is 81.8 Å². The van der Waals surface area contributed by atoms with E-state index in [1.54, 1.807) is 13.1 Å². The van der Waals surface area contributed by atoms with Gasteiger partial charge in [-0.2, -0.15) is 5.10 Å². The first-order valence-electron chi connectivity index (χ1n) is 8.77. The van der Waals surface area contributed by atoms with Gasteiger partial charge in [-0.15, -0.1) is 10.2 Å². The van der Waals surface area contributed by atoms with E-state index in [-0.39, 0.29) is 11.5 Å². The Morgan fingerprint density at radius 1 is 1.11 bits per heavy atom. The highest BCUT2D eigenvalue weighted by Crippen LogP contribution is 2.17. The van der Waals surface area contributed by atoms with Crippen molar-refractivity contribution in [2.45, 2.75) is 20.4 Å². The molecule has 138 valence electrons. The number of H-pyrrole nitrogens is 1.